The van der Waals surface area contributed by atoms with Gasteiger partial charge in [0, 0.05) is 22.6 Å². The molecule has 5 heteroatoms. The average molecular weight is 353 g/mol. The number of nitrogens with one attached hydrogen (secondary N) is 1. The molecule has 0 aliphatic heterocycles. The van der Waals surface area contributed by atoms with Crippen molar-refractivity contribution in [2.45, 2.75) is 26.0 Å². The summed E-state index contributed by atoms with van der Waals surface area (Å²) < 4.78 is 1.56. The summed E-state index contributed by atoms with van der Waals surface area (Å²) in [5, 5.41) is 22.2. The summed E-state index contributed by atoms with van der Waals surface area (Å²) >= 11 is 6.67. The SMILES string of the molecule is CC(NC[C@@H](C)O)c1cc(Br)cc(Br)c1O. The van der Waals surface area contributed by atoms with E-state index in [1.165, 1.54) is 0 Å². The van der Waals surface area contributed by atoms with Crippen molar-refractivity contribution in [3.63, 3.8) is 0 Å². The minimum atomic E-state index is -0.403. The molecule has 1 aromatic rings. The fourth-order valence-corrected chi connectivity index (χ4v) is 2.63. The summed E-state index contributed by atoms with van der Waals surface area (Å²) in [6.45, 7) is 4.15. The van der Waals surface area contributed by atoms with Gasteiger partial charge in [0.2, 0.25) is 0 Å². The van der Waals surface area contributed by atoms with Crippen molar-refractivity contribution >= 4 is 31.9 Å². The van der Waals surface area contributed by atoms with Crippen LogP contribution in [0.2, 0.25) is 0 Å². The number of hydrogen-bond donors (Lipinski definition) is 3. The van der Waals surface area contributed by atoms with E-state index in [1.807, 2.05) is 13.0 Å². The molecule has 0 aliphatic rings. The summed E-state index contributed by atoms with van der Waals surface area (Å²) in [7, 11) is 0. The van der Waals surface area contributed by atoms with E-state index in [0.29, 0.717) is 11.0 Å². The molecule has 0 amide bonds. The molecule has 0 aromatic heterocycles. The average Bonchev–Trinajstić information content (AvgIpc) is 2.19. The van der Waals surface area contributed by atoms with E-state index in [2.05, 4.69) is 37.2 Å². The number of aliphatic hydroxyl groups is 1. The molecular formula is C11H15Br2NO2. The van der Waals surface area contributed by atoms with Gasteiger partial charge in [0.05, 0.1) is 10.6 Å². The van der Waals surface area contributed by atoms with Crippen molar-refractivity contribution < 1.29 is 10.2 Å². The largest absolute Gasteiger partial charge is 0.506 e. The molecule has 3 N–H and O–H groups in total. The van der Waals surface area contributed by atoms with Gasteiger partial charge in [0.25, 0.3) is 0 Å². The molecule has 0 saturated carbocycles. The van der Waals surface area contributed by atoms with Gasteiger partial charge >= 0.3 is 0 Å². The van der Waals surface area contributed by atoms with E-state index >= 15 is 0 Å². The molecule has 3 nitrogen and oxygen atoms in total. The van der Waals surface area contributed by atoms with Gasteiger partial charge in [-0.15, -0.1) is 0 Å². The number of phenolic OH excluding ortho intramolecular Hbond substituents is 1. The summed E-state index contributed by atoms with van der Waals surface area (Å²) in [6.07, 6.45) is -0.403. The van der Waals surface area contributed by atoms with Crippen molar-refractivity contribution in [2.75, 3.05) is 6.54 Å². The molecule has 0 fully saturated rings. The molecule has 0 bridgehead atoms. The Balaban J connectivity index is 2.86. The quantitative estimate of drug-likeness (QED) is 0.780. The van der Waals surface area contributed by atoms with Crippen LogP contribution in [0, 0.1) is 0 Å². The third-order valence-corrected chi connectivity index (χ3v) is 3.31. The second kappa shape index (κ2) is 6.00. The zero-order chi connectivity index (χ0) is 12.3. The normalized spacial score (nSPS) is 14.8. The standard InChI is InChI=1S/C11H15Br2NO2/c1-6(15)5-14-7(2)9-3-8(12)4-10(13)11(9)16/h3-4,6-7,14-16H,5H2,1-2H3/t6-,7?/m1/s1. The van der Waals surface area contributed by atoms with Crippen LogP contribution in [0.25, 0.3) is 0 Å². The smallest absolute Gasteiger partial charge is 0.134 e. The first kappa shape index (κ1) is 14.0. The van der Waals surface area contributed by atoms with E-state index in [9.17, 15) is 10.2 Å². The first-order chi connectivity index (χ1) is 7.41. The maximum atomic E-state index is 9.89. The Morgan fingerprint density at radius 2 is 1.94 bits per heavy atom. The number of aliphatic hydroxyl groups excluding tert-OH is 1. The lowest BCUT2D eigenvalue weighted by atomic mass is 10.1. The zero-order valence-corrected chi connectivity index (χ0v) is 12.3. The molecule has 0 heterocycles. The minimum absolute atomic E-state index is 0.0246. The van der Waals surface area contributed by atoms with Crippen molar-refractivity contribution in [3.05, 3.63) is 26.6 Å². The maximum Gasteiger partial charge on any atom is 0.134 e. The third-order valence-electron chi connectivity index (χ3n) is 2.24. The summed E-state index contributed by atoms with van der Waals surface area (Å²) in [5.74, 6) is 0.230. The Labute approximate surface area is 112 Å². The second-order valence-corrected chi connectivity index (χ2v) is 5.57. The molecule has 0 spiro atoms. The van der Waals surface area contributed by atoms with Crippen LogP contribution < -0.4 is 5.32 Å². The Morgan fingerprint density at radius 3 is 2.50 bits per heavy atom. The number of rotatable bonds is 4. The maximum absolute atomic E-state index is 9.89. The van der Waals surface area contributed by atoms with Gasteiger partial charge < -0.3 is 15.5 Å². The second-order valence-electron chi connectivity index (χ2n) is 3.80. The van der Waals surface area contributed by atoms with Crippen LogP contribution in [0.1, 0.15) is 25.5 Å². The van der Waals surface area contributed by atoms with Crippen molar-refractivity contribution in [1.82, 2.24) is 5.32 Å². The lowest BCUT2D eigenvalue weighted by Crippen LogP contribution is -2.27. The topological polar surface area (TPSA) is 52.5 Å². The summed E-state index contributed by atoms with van der Waals surface area (Å²) in [5.41, 5.74) is 0.793. The summed E-state index contributed by atoms with van der Waals surface area (Å²) in [6, 6.07) is 3.63. The molecule has 1 unspecified atom stereocenters. The first-order valence-corrected chi connectivity index (χ1v) is 6.59. The van der Waals surface area contributed by atoms with Gasteiger partial charge in [0.15, 0.2) is 0 Å². The molecule has 0 radical (unpaired) electrons. The Bertz CT molecular complexity index is 369. The van der Waals surface area contributed by atoms with Crippen LogP contribution in [-0.4, -0.2) is 22.9 Å². The highest BCUT2D eigenvalue weighted by molar-refractivity contribution is 9.11. The van der Waals surface area contributed by atoms with E-state index in [-0.39, 0.29) is 11.8 Å². The van der Waals surface area contributed by atoms with E-state index in [0.717, 1.165) is 10.0 Å². The van der Waals surface area contributed by atoms with E-state index < -0.39 is 6.10 Å². The monoisotopic (exact) mass is 351 g/mol. The lowest BCUT2D eigenvalue weighted by molar-refractivity contribution is 0.187. The molecule has 0 aliphatic carbocycles. The van der Waals surface area contributed by atoms with Gasteiger partial charge in [-0.3, -0.25) is 0 Å². The highest BCUT2D eigenvalue weighted by Crippen LogP contribution is 2.34. The molecular weight excluding hydrogens is 338 g/mol. The Morgan fingerprint density at radius 1 is 1.31 bits per heavy atom. The molecule has 1 aromatic carbocycles. The highest BCUT2D eigenvalue weighted by Gasteiger charge is 2.14. The van der Waals surface area contributed by atoms with Crippen molar-refractivity contribution in [1.29, 1.82) is 0 Å². The number of benzene rings is 1. The molecule has 0 saturated heterocycles. The fraction of sp³-hybridized carbons (Fsp3) is 0.455. The predicted molar refractivity (Wildman–Crippen MR) is 71.6 cm³/mol. The lowest BCUT2D eigenvalue weighted by Gasteiger charge is -2.17. The van der Waals surface area contributed by atoms with Gasteiger partial charge in [-0.2, -0.15) is 0 Å². The van der Waals surface area contributed by atoms with Gasteiger partial charge in [-0.1, -0.05) is 15.9 Å². The molecule has 90 valence electrons. The van der Waals surface area contributed by atoms with Crippen molar-refractivity contribution in [2.24, 2.45) is 0 Å². The number of phenols is 1. The van der Waals surface area contributed by atoms with Crippen LogP contribution in [0.15, 0.2) is 21.1 Å². The number of halogens is 2. The minimum Gasteiger partial charge on any atom is -0.506 e. The van der Waals surface area contributed by atoms with Crippen LogP contribution in [0.4, 0.5) is 0 Å². The predicted octanol–water partition coefficient (Wildman–Crippen LogP) is 2.95. The molecule has 16 heavy (non-hydrogen) atoms. The highest BCUT2D eigenvalue weighted by atomic mass is 79.9. The van der Waals surface area contributed by atoms with Crippen LogP contribution >= 0.6 is 31.9 Å². The number of hydrogen-bond acceptors (Lipinski definition) is 3. The van der Waals surface area contributed by atoms with Gasteiger partial charge in [0.1, 0.15) is 5.75 Å². The molecule has 1 rings (SSSR count). The van der Waals surface area contributed by atoms with Crippen molar-refractivity contribution in [3.8, 4) is 5.75 Å². The first-order valence-electron chi connectivity index (χ1n) is 5.01. The third kappa shape index (κ3) is 3.73. The van der Waals surface area contributed by atoms with Gasteiger partial charge in [-0.05, 0) is 41.9 Å². The van der Waals surface area contributed by atoms with Crippen LogP contribution in [-0.2, 0) is 0 Å². The Hall–Kier alpha value is -0.100. The van der Waals surface area contributed by atoms with E-state index in [1.54, 1.807) is 13.0 Å². The van der Waals surface area contributed by atoms with Gasteiger partial charge in [-0.25, -0.2) is 0 Å². The zero-order valence-electron chi connectivity index (χ0n) is 9.17. The fourth-order valence-electron chi connectivity index (χ4n) is 1.37. The van der Waals surface area contributed by atoms with Crippen LogP contribution in [0.5, 0.6) is 5.75 Å². The summed E-state index contributed by atoms with van der Waals surface area (Å²) in [4.78, 5) is 0. The molecule has 2 atom stereocenters. The van der Waals surface area contributed by atoms with Crippen LogP contribution in [0.3, 0.4) is 0 Å². The number of aromatic hydroxyl groups is 1. The van der Waals surface area contributed by atoms with E-state index in [4.69, 9.17) is 0 Å². The Kier molecular flexibility index (Phi) is 5.24.